The van der Waals surface area contributed by atoms with Crippen molar-refractivity contribution in [1.82, 2.24) is 9.80 Å². The minimum Gasteiger partial charge on any atom is -0.336 e. The third kappa shape index (κ3) is 2.84. The summed E-state index contributed by atoms with van der Waals surface area (Å²) < 4.78 is 0. The highest BCUT2D eigenvalue weighted by Crippen LogP contribution is 2.35. The number of hydrogen-bond donors (Lipinski definition) is 0. The van der Waals surface area contributed by atoms with Crippen LogP contribution in [0, 0.1) is 5.92 Å². The summed E-state index contributed by atoms with van der Waals surface area (Å²) in [5, 5.41) is 0.547. The van der Waals surface area contributed by atoms with Crippen molar-refractivity contribution in [2.75, 3.05) is 26.2 Å². The molecule has 0 spiro atoms. The topological polar surface area (TPSA) is 23.6 Å². The van der Waals surface area contributed by atoms with Gasteiger partial charge in [-0.15, -0.1) is 0 Å². The maximum atomic E-state index is 12.5. The molecule has 0 aromatic heterocycles. The first-order valence-corrected chi connectivity index (χ1v) is 7.82. The Morgan fingerprint density at radius 3 is 2.45 bits per heavy atom. The Balaban J connectivity index is 1.60. The van der Waals surface area contributed by atoms with Crippen LogP contribution in [0.4, 0.5) is 0 Å². The number of benzene rings is 1. The number of nitrogens with zero attached hydrogens (tertiary/aromatic N) is 2. The van der Waals surface area contributed by atoms with Gasteiger partial charge in [0.25, 0.3) is 5.91 Å². The number of hydrogen-bond acceptors (Lipinski definition) is 2. The summed E-state index contributed by atoms with van der Waals surface area (Å²) in [5.74, 6) is 0.954. The van der Waals surface area contributed by atoms with Gasteiger partial charge in [-0.2, -0.15) is 0 Å². The molecule has 0 bridgehead atoms. The summed E-state index contributed by atoms with van der Waals surface area (Å²) in [6.45, 7) is 5.90. The number of rotatable bonds is 3. The van der Waals surface area contributed by atoms with Crippen LogP contribution >= 0.6 is 11.6 Å². The lowest BCUT2D eigenvalue weighted by Crippen LogP contribution is -2.51. The lowest BCUT2D eigenvalue weighted by molar-refractivity contribution is 0.0564. The van der Waals surface area contributed by atoms with Gasteiger partial charge in [0.15, 0.2) is 0 Å². The molecule has 3 nitrogen and oxygen atoms in total. The molecular weight excluding hydrogens is 272 g/mol. The molecule has 2 fully saturated rings. The summed E-state index contributed by atoms with van der Waals surface area (Å²) in [5.41, 5.74) is 0.623. The second-order valence-corrected chi connectivity index (χ2v) is 6.29. The Kier molecular flexibility index (Phi) is 3.99. The predicted molar refractivity (Wildman–Crippen MR) is 81.1 cm³/mol. The molecule has 1 aromatic rings. The maximum absolute atomic E-state index is 12.5. The molecule has 1 heterocycles. The third-order valence-corrected chi connectivity index (χ3v) is 4.92. The zero-order valence-electron chi connectivity index (χ0n) is 11.9. The van der Waals surface area contributed by atoms with Gasteiger partial charge in [-0.25, -0.2) is 0 Å². The van der Waals surface area contributed by atoms with Crippen molar-refractivity contribution in [2.45, 2.75) is 25.8 Å². The van der Waals surface area contributed by atoms with Crippen LogP contribution in [-0.4, -0.2) is 47.9 Å². The Morgan fingerprint density at radius 1 is 1.20 bits per heavy atom. The van der Waals surface area contributed by atoms with Crippen molar-refractivity contribution < 1.29 is 4.79 Å². The minimum absolute atomic E-state index is 0.0642. The standard InChI is InChI=1S/C16H21ClN2O/c1-12(13-6-7-13)18-8-10-19(11-9-18)16(20)14-4-2-3-5-15(14)17/h2-5,12-13H,6-11H2,1H3. The second-order valence-electron chi connectivity index (χ2n) is 5.89. The fraction of sp³-hybridized carbons (Fsp3) is 0.562. The molecule has 20 heavy (non-hydrogen) atoms. The Morgan fingerprint density at radius 2 is 1.85 bits per heavy atom. The van der Waals surface area contributed by atoms with Crippen LogP contribution in [0.5, 0.6) is 0 Å². The molecule has 1 amide bonds. The molecule has 1 saturated carbocycles. The van der Waals surface area contributed by atoms with Gasteiger partial charge in [0, 0.05) is 32.2 Å². The largest absolute Gasteiger partial charge is 0.336 e. The summed E-state index contributed by atoms with van der Waals surface area (Å²) in [7, 11) is 0. The average molecular weight is 293 g/mol. The van der Waals surface area contributed by atoms with Crippen LogP contribution in [0.1, 0.15) is 30.1 Å². The van der Waals surface area contributed by atoms with E-state index in [-0.39, 0.29) is 5.91 Å². The molecular formula is C16H21ClN2O. The molecule has 1 aliphatic heterocycles. The average Bonchev–Trinajstić information content (AvgIpc) is 3.31. The number of carbonyl (C=O) groups excluding carboxylic acids is 1. The molecule has 1 aromatic carbocycles. The van der Waals surface area contributed by atoms with Crippen molar-refractivity contribution in [1.29, 1.82) is 0 Å². The van der Waals surface area contributed by atoms with Crippen LogP contribution in [0.25, 0.3) is 0 Å². The monoisotopic (exact) mass is 292 g/mol. The first kappa shape index (κ1) is 13.9. The molecule has 0 radical (unpaired) electrons. The van der Waals surface area contributed by atoms with E-state index in [1.165, 1.54) is 12.8 Å². The Hall–Kier alpha value is -1.06. The summed E-state index contributed by atoms with van der Waals surface area (Å²) >= 11 is 6.11. The van der Waals surface area contributed by atoms with Crippen molar-refractivity contribution in [3.8, 4) is 0 Å². The quantitative estimate of drug-likeness (QED) is 0.855. The zero-order chi connectivity index (χ0) is 14.1. The highest BCUT2D eigenvalue weighted by molar-refractivity contribution is 6.33. The normalized spacial score (nSPS) is 21.8. The molecule has 108 valence electrons. The van der Waals surface area contributed by atoms with Crippen molar-refractivity contribution in [3.63, 3.8) is 0 Å². The van der Waals surface area contributed by atoms with Gasteiger partial charge in [0.05, 0.1) is 10.6 Å². The molecule has 3 rings (SSSR count). The van der Waals surface area contributed by atoms with E-state index >= 15 is 0 Å². The van der Waals surface area contributed by atoms with Gasteiger partial charge >= 0.3 is 0 Å². The summed E-state index contributed by atoms with van der Waals surface area (Å²) in [4.78, 5) is 16.9. The number of amides is 1. The summed E-state index contributed by atoms with van der Waals surface area (Å²) in [6.07, 6.45) is 2.75. The van der Waals surface area contributed by atoms with Gasteiger partial charge in [-0.3, -0.25) is 9.69 Å². The van der Waals surface area contributed by atoms with Gasteiger partial charge in [-0.05, 0) is 37.8 Å². The van der Waals surface area contributed by atoms with Gasteiger partial charge in [-0.1, -0.05) is 23.7 Å². The van der Waals surface area contributed by atoms with E-state index < -0.39 is 0 Å². The van der Waals surface area contributed by atoms with Crippen LogP contribution < -0.4 is 0 Å². The van der Waals surface area contributed by atoms with Crippen LogP contribution in [0.15, 0.2) is 24.3 Å². The van der Waals surface area contributed by atoms with E-state index in [1.807, 2.05) is 23.1 Å². The van der Waals surface area contributed by atoms with Gasteiger partial charge < -0.3 is 4.90 Å². The number of piperazine rings is 1. The molecule has 1 unspecified atom stereocenters. The minimum atomic E-state index is 0.0642. The van der Waals surface area contributed by atoms with E-state index in [9.17, 15) is 4.79 Å². The second kappa shape index (κ2) is 5.74. The molecule has 1 aliphatic carbocycles. The molecule has 1 atom stereocenters. The van der Waals surface area contributed by atoms with E-state index in [0.29, 0.717) is 16.6 Å². The van der Waals surface area contributed by atoms with Crippen LogP contribution in [0.2, 0.25) is 5.02 Å². The highest BCUT2D eigenvalue weighted by Gasteiger charge is 2.34. The Bertz CT molecular complexity index is 493. The van der Waals surface area contributed by atoms with E-state index in [0.717, 1.165) is 32.1 Å². The predicted octanol–water partition coefficient (Wildman–Crippen LogP) is 2.90. The lowest BCUT2D eigenvalue weighted by atomic mass is 10.1. The molecule has 1 saturated heterocycles. The fourth-order valence-electron chi connectivity index (χ4n) is 3.01. The maximum Gasteiger partial charge on any atom is 0.255 e. The van der Waals surface area contributed by atoms with Crippen LogP contribution in [0.3, 0.4) is 0 Å². The Labute approximate surface area is 125 Å². The zero-order valence-corrected chi connectivity index (χ0v) is 12.6. The number of halogens is 1. The van der Waals surface area contributed by atoms with E-state index in [4.69, 9.17) is 11.6 Å². The lowest BCUT2D eigenvalue weighted by Gasteiger charge is -2.38. The van der Waals surface area contributed by atoms with Crippen molar-refractivity contribution >= 4 is 17.5 Å². The van der Waals surface area contributed by atoms with Crippen molar-refractivity contribution in [3.05, 3.63) is 34.9 Å². The van der Waals surface area contributed by atoms with Gasteiger partial charge in [0.2, 0.25) is 0 Å². The first-order valence-electron chi connectivity index (χ1n) is 7.44. The molecule has 4 heteroatoms. The van der Waals surface area contributed by atoms with Crippen LogP contribution in [-0.2, 0) is 0 Å². The first-order chi connectivity index (χ1) is 9.66. The highest BCUT2D eigenvalue weighted by atomic mass is 35.5. The van der Waals surface area contributed by atoms with E-state index in [2.05, 4.69) is 11.8 Å². The van der Waals surface area contributed by atoms with Gasteiger partial charge in [0.1, 0.15) is 0 Å². The number of carbonyl (C=O) groups is 1. The van der Waals surface area contributed by atoms with Crippen molar-refractivity contribution in [2.24, 2.45) is 5.92 Å². The molecule has 2 aliphatic rings. The van der Waals surface area contributed by atoms with E-state index in [1.54, 1.807) is 6.07 Å². The fourth-order valence-corrected chi connectivity index (χ4v) is 3.23. The molecule has 0 N–H and O–H groups in total. The smallest absolute Gasteiger partial charge is 0.255 e. The third-order valence-electron chi connectivity index (χ3n) is 4.59. The SMILES string of the molecule is CC(C1CC1)N1CCN(C(=O)c2ccccc2Cl)CC1. The summed E-state index contributed by atoms with van der Waals surface area (Å²) in [6, 6.07) is 7.98.